The highest BCUT2D eigenvalue weighted by atomic mass is 16.3. The molecule has 1 aliphatic heterocycles. The maximum atomic E-state index is 12.2. The van der Waals surface area contributed by atoms with E-state index < -0.39 is 6.10 Å². The molecule has 1 aliphatic rings. The molecule has 23 heavy (non-hydrogen) atoms. The van der Waals surface area contributed by atoms with Gasteiger partial charge in [0.25, 0.3) is 5.91 Å². The van der Waals surface area contributed by atoms with E-state index >= 15 is 0 Å². The third-order valence-electron chi connectivity index (χ3n) is 4.09. The highest BCUT2D eigenvalue weighted by Crippen LogP contribution is 2.13. The Morgan fingerprint density at radius 2 is 1.74 bits per heavy atom. The first-order chi connectivity index (χ1) is 10.9. The molecule has 0 spiro atoms. The van der Waals surface area contributed by atoms with Crippen LogP contribution in [0.4, 0.5) is 0 Å². The van der Waals surface area contributed by atoms with E-state index in [2.05, 4.69) is 6.07 Å². The minimum absolute atomic E-state index is 0.0471. The number of carbonyl (C=O) groups excluding carboxylic acids is 2. The maximum Gasteiger partial charge on any atom is 0.251 e. The zero-order valence-electron chi connectivity index (χ0n) is 14.0. The van der Waals surface area contributed by atoms with E-state index in [-0.39, 0.29) is 11.8 Å². The van der Waals surface area contributed by atoms with Crippen LogP contribution in [0.5, 0.6) is 0 Å². The van der Waals surface area contributed by atoms with E-state index in [0.717, 1.165) is 11.1 Å². The maximum absolute atomic E-state index is 12.2. The lowest BCUT2D eigenvalue weighted by Gasteiger charge is -2.34. The van der Waals surface area contributed by atoms with Crippen LogP contribution in [0.2, 0.25) is 0 Å². The first-order valence-electron chi connectivity index (χ1n) is 7.89. The van der Waals surface area contributed by atoms with Crippen molar-refractivity contribution in [2.45, 2.75) is 26.9 Å². The Morgan fingerprint density at radius 3 is 2.30 bits per heavy atom. The van der Waals surface area contributed by atoms with Crippen molar-refractivity contribution >= 4 is 17.9 Å². The second kappa shape index (κ2) is 7.42. The molecule has 1 N–H and O–H groups in total. The van der Waals surface area contributed by atoms with Crippen molar-refractivity contribution < 1.29 is 14.7 Å². The molecule has 1 fully saturated rings. The van der Waals surface area contributed by atoms with Gasteiger partial charge in [0.15, 0.2) is 0 Å². The fourth-order valence-corrected chi connectivity index (χ4v) is 2.69. The van der Waals surface area contributed by atoms with Crippen LogP contribution in [0, 0.1) is 13.8 Å². The summed E-state index contributed by atoms with van der Waals surface area (Å²) in [6.45, 7) is 7.45. The molecule has 0 aromatic heterocycles. The lowest BCUT2D eigenvalue weighted by Crippen LogP contribution is -2.52. The molecule has 124 valence electrons. The fourth-order valence-electron chi connectivity index (χ4n) is 2.69. The number of amides is 2. The number of carbonyl (C=O) groups is 2. The molecule has 1 atom stereocenters. The summed E-state index contributed by atoms with van der Waals surface area (Å²) in [5.41, 5.74) is 3.37. The molecule has 5 nitrogen and oxygen atoms in total. The lowest BCUT2D eigenvalue weighted by atomic mass is 10.1. The molecule has 1 unspecified atom stereocenters. The van der Waals surface area contributed by atoms with Gasteiger partial charge in [-0.15, -0.1) is 0 Å². The van der Waals surface area contributed by atoms with Gasteiger partial charge in [-0.1, -0.05) is 23.8 Å². The van der Waals surface area contributed by atoms with Crippen molar-refractivity contribution in [3.8, 4) is 0 Å². The highest BCUT2D eigenvalue weighted by molar-refractivity contribution is 5.92. The number of nitrogens with zero attached hydrogens (tertiary/aromatic N) is 2. The number of hydrogen-bond acceptors (Lipinski definition) is 3. The molecule has 0 saturated carbocycles. The van der Waals surface area contributed by atoms with E-state index in [0.29, 0.717) is 26.2 Å². The quantitative estimate of drug-likeness (QED) is 0.857. The zero-order valence-corrected chi connectivity index (χ0v) is 14.0. The Labute approximate surface area is 137 Å². The molecule has 1 saturated heterocycles. The van der Waals surface area contributed by atoms with Crippen LogP contribution in [-0.2, 0) is 9.59 Å². The topological polar surface area (TPSA) is 60.9 Å². The van der Waals surface area contributed by atoms with Crippen LogP contribution in [-0.4, -0.2) is 59.0 Å². The summed E-state index contributed by atoms with van der Waals surface area (Å²) in [6, 6.07) is 6.12. The Bertz CT molecular complexity index is 615. The third-order valence-corrected chi connectivity index (χ3v) is 4.09. The summed E-state index contributed by atoms with van der Waals surface area (Å²) in [5, 5.41) is 9.32. The van der Waals surface area contributed by atoms with Crippen LogP contribution >= 0.6 is 0 Å². The smallest absolute Gasteiger partial charge is 0.251 e. The van der Waals surface area contributed by atoms with E-state index in [9.17, 15) is 14.7 Å². The van der Waals surface area contributed by atoms with Crippen molar-refractivity contribution in [2.24, 2.45) is 0 Å². The predicted octanol–water partition coefficient (Wildman–Crippen LogP) is 1.37. The van der Waals surface area contributed by atoms with Gasteiger partial charge >= 0.3 is 0 Å². The SMILES string of the molecule is Cc1ccc(/C=C/C(=O)N2CCN(C(=O)C(C)O)CC2)c(C)c1. The summed E-state index contributed by atoms with van der Waals surface area (Å²) in [6.07, 6.45) is 2.44. The van der Waals surface area contributed by atoms with Gasteiger partial charge in [0.1, 0.15) is 6.10 Å². The van der Waals surface area contributed by atoms with Crippen LogP contribution in [0.25, 0.3) is 6.08 Å². The summed E-state index contributed by atoms with van der Waals surface area (Å²) < 4.78 is 0. The number of benzene rings is 1. The number of piperazine rings is 1. The Morgan fingerprint density at radius 1 is 1.13 bits per heavy atom. The number of aliphatic hydroxyl groups is 1. The van der Waals surface area contributed by atoms with Gasteiger partial charge in [-0.3, -0.25) is 9.59 Å². The Balaban J connectivity index is 1.92. The van der Waals surface area contributed by atoms with Gasteiger partial charge in [0, 0.05) is 32.3 Å². The minimum atomic E-state index is -0.985. The molecule has 0 aliphatic carbocycles. The molecule has 1 heterocycles. The minimum Gasteiger partial charge on any atom is -0.384 e. The second-order valence-electron chi connectivity index (χ2n) is 6.02. The highest BCUT2D eigenvalue weighted by Gasteiger charge is 2.25. The van der Waals surface area contributed by atoms with Gasteiger partial charge in [0.05, 0.1) is 0 Å². The van der Waals surface area contributed by atoms with Crippen molar-refractivity contribution in [3.05, 3.63) is 41.0 Å². The standard InChI is InChI=1S/C18H24N2O3/c1-13-4-5-16(14(2)12-13)6-7-17(22)19-8-10-20(11-9-19)18(23)15(3)21/h4-7,12,15,21H,8-11H2,1-3H3/b7-6+. The van der Waals surface area contributed by atoms with Gasteiger partial charge in [-0.25, -0.2) is 0 Å². The summed E-state index contributed by atoms with van der Waals surface area (Å²) >= 11 is 0. The van der Waals surface area contributed by atoms with Crippen LogP contribution in [0.1, 0.15) is 23.6 Å². The number of hydrogen-bond donors (Lipinski definition) is 1. The first-order valence-corrected chi connectivity index (χ1v) is 7.89. The van der Waals surface area contributed by atoms with Crippen molar-refractivity contribution in [1.82, 2.24) is 9.80 Å². The van der Waals surface area contributed by atoms with Gasteiger partial charge in [-0.2, -0.15) is 0 Å². The molecule has 1 aromatic rings. The second-order valence-corrected chi connectivity index (χ2v) is 6.02. The molecular formula is C18H24N2O3. The van der Waals surface area contributed by atoms with Crippen LogP contribution in [0.15, 0.2) is 24.3 Å². The molecule has 0 radical (unpaired) electrons. The van der Waals surface area contributed by atoms with Crippen molar-refractivity contribution in [3.63, 3.8) is 0 Å². The number of aryl methyl sites for hydroxylation is 2. The van der Waals surface area contributed by atoms with Crippen LogP contribution in [0.3, 0.4) is 0 Å². The zero-order chi connectivity index (χ0) is 17.0. The Hall–Kier alpha value is -2.14. The van der Waals surface area contributed by atoms with E-state index in [1.807, 2.05) is 32.1 Å². The van der Waals surface area contributed by atoms with Gasteiger partial charge < -0.3 is 14.9 Å². The molecule has 2 rings (SSSR count). The van der Waals surface area contributed by atoms with E-state index in [1.54, 1.807) is 15.9 Å². The van der Waals surface area contributed by atoms with Crippen molar-refractivity contribution in [1.29, 1.82) is 0 Å². The average molecular weight is 316 g/mol. The van der Waals surface area contributed by atoms with Crippen molar-refractivity contribution in [2.75, 3.05) is 26.2 Å². The molecule has 5 heteroatoms. The first kappa shape index (κ1) is 17.2. The summed E-state index contributed by atoms with van der Waals surface area (Å²) in [4.78, 5) is 27.3. The van der Waals surface area contributed by atoms with Gasteiger partial charge in [-0.05, 0) is 38.0 Å². The molecule has 1 aromatic carbocycles. The normalized spacial score (nSPS) is 16.7. The largest absolute Gasteiger partial charge is 0.384 e. The molecule has 0 bridgehead atoms. The number of rotatable bonds is 3. The van der Waals surface area contributed by atoms with Gasteiger partial charge in [0.2, 0.25) is 5.91 Å². The lowest BCUT2D eigenvalue weighted by molar-refractivity contribution is -0.143. The van der Waals surface area contributed by atoms with Crippen LogP contribution < -0.4 is 0 Å². The van der Waals surface area contributed by atoms with E-state index in [1.165, 1.54) is 12.5 Å². The predicted molar refractivity (Wildman–Crippen MR) is 89.8 cm³/mol. The third kappa shape index (κ3) is 4.42. The molecular weight excluding hydrogens is 292 g/mol. The fraction of sp³-hybridized carbons (Fsp3) is 0.444. The Kier molecular flexibility index (Phi) is 5.55. The van der Waals surface area contributed by atoms with E-state index in [4.69, 9.17) is 0 Å². The molecule has 2 amide bonds. The number of aliphatic hydroxyl groups excluding tert-OH is 1. The summed E-state index contributed by atoms with van der Waals surface area (Å²) in [5.74, 6) is -0.322. The monoisotopic (exact) mass is 316 g/mol. The summed E-state index contributed by atoms with van der Waals surface area (Å²) in [7, 11) is 0. The average Bonchev–Trinajstić information content (AvgIpc) is 2.53.